The maximum absolute atomic E-state index is 5.89. The van der Waals surface area contributed by atoms with Crippen LogP contribution in [-0.2, 0) is 4.74 Å². The Bertz CT molecular complexity index is 406. The normalized spacial score (nSPS) is 22.0. The highest BCUT2D eigenvalue weighted by atomic mass is 16.5. The van der Waals surface area contributed by atoms with Crippen molar-refractivity contribution in [2.45, 2.75) is 51.2 Å². The Labute approximate surface area is 127 Å². The van der Waals surface area contributed by atoms with E-state index in [1.54, 1.807) is 0 Å². The van der Waals surface area contributed by atoms with Crippen molar-refractivity contribution >= 4 is 5.82 Å². The second-order valence-electron chi connectivity index (χ2n) is 5.48. The first kappa shape index (κ1) is 16.0. The SMILES string of the molecule is CCOc1cccc(NCCCOC2CCC(N)CC2)n1. The van der Waals surface area contributed by atoms with Gasteiger partial charge in [0.05, 0.1) is 12.7 Å². The molecule has 5 nitrogen and oxygen atoms in total. The number of rotatable bonds is 8. The van der Waals surface area contributed by atoms with Gasteiger partial charge in [0.25, 0.3) is 0 Å². The Morgan fingerprint density at radius 2 is 2.10 bits per heavy atom. The van der Waals surface area contributed by atoms with Crippen molar-refractivity contribution in [3.8, 4) is 5.88 Å². The number of aromatic nitrogens is 1. The van der Waals surface area contributed by atoms with E-state index in [1.807, 2.05) is 25.1 Å². The number of pyridine rings is 1. The van der Waals surface area contributed by atoms with Crippen LogP contribution < -0.4 is 15.8 Å². The second-order valence-corrected chi connectivity index (χ2v) is 5.48. The summed E-state index contributed by atoms with van der Waals surface area (Å²) in [4.78, 5) is 4.37. The van der Waals surface area contributed by atoms with E-state index in [4.69, 9.17) is 15.2 Å². The Balaban J connectivity index is 1.58. The lowest BCUT2D eigenvalue weighted by Gasteiger charge is -2.26. The first-order valence-corrected chi connectivity index (χ1v) is 7.99. The summed E-state index contributed by atoms with van der Waals surface area (Å²) in [5.41, 5.74) is 5.89. The molecule has 0 saturated heterocycles. The Kier molecular flexibility index (Phi) is 6.76. The monoisotopic (exact) mass is 293 g/mol. The fourth-order valence-corrected chi connectivity index (χ4v) is 2.54. The molecule has 1 aliphatic rings. The number of nitrogens with one attached hydrogen (secondary N) is 1. The first-order valence-electron chi connectivity index (χ1n) is 7.99. The van der Waals surface area contributed by atoms with Gasteiger partial charge in [-0.2, -0.15) is 4.98 Å². The quantitative estimate of drug-likeness (QED) is 0.721. The molecule has 21 heavy (non-hydrogen) atoms. The summed E-state index contributed by atoms with van der Waals surface area (Å²) in [6.45, 7) is 4.24. The molecular weight excluding hydrogens is 266 g/mol. The minimum absolute atomic E-state index is 0.384. The summed E-state index contributed by atoms with van der Waals surface area (Å²) in [5.74, 6) is 1.52. The Hall–Kier alpha value is -1.33. The third kappa shape index (κ3) is 5.89. The van der Waals surface area contributed by atoms with Crippen molar-refractivity contribution in [3.63, 3.8) is 0 Å². The largest absolute Gasteiger partial charge is 0.478 e. The molecule has 1 saturated carbocycles. The highest BCUT2D eigenvalue weighted by Gasteiger charge is 2.18. The Morgan fingerprint density at radius 1 is 1.29 bits per heavy atom. The van der Waals surface area contributed by atoms with Crippen molar-refractivity contribution in [1.29, 1.82) is 0 Å². The molecule has 1 fully saturated rings. The van der Waals surface area contributed by atoms with Crippen molar-refractivity contribution in [3.05, 3.63) is 18.2 Å². The lowest BCUT2D eigenvalue weighted by Crippen LogP contribution is -2.30. The average Bonchev–Trinajstić information content (AvgIpc) is 2.50. The number of nitrogens with two attached hydrogens (primary N) is 1. The predicted molar refractivity (Wildman–Crippen MR) is 84.7 cm³/mol. The number of hydrogen-bond donors (Lipinski definition) is 2. The second kappa shape index (κ2) is 8.85. The van der Waals surface area contributed by atoms with Gasteiger partial charge in [0.1, 0.15) is 5.82 Å². The molecule has 0 unspecified atom stereocenters. The van der Waals surface area contributed by atoms with Crippen molar-refractivity contribution in [2.24, 2.45) is 5.73 Å². The van der Waals surface area contributed by atoms with Crippen molar-refractivity contribution in [2.75, 3.05) is 25.1 Å². The summed E-state index contributed by atoms with van der Waals surface area (Å²) >= 11 is 0. The summed E-state index contributed by atoms with van der Waals surface area (Å²) in [6.07, 6.45) is 5.78. The molecule has 1 aromatic heterocycles. The standard InChI is InChI=1S/C16H27N3O2/c1-2-20-16-6-3-5-15(19-16)18-11-4-12-21-14-9-7-13(17)8-10-14/h3,5-6,13-14H,2,4,7-12,17H2,1H3,(H,18,19). The van der Waals surface area contributed by atoms with Gasteiger partial charge in [-0.15, -0.1) is 0 Å². The minimum atomic E-state index is 0.384. The van der Waals surface area contributed by atoms with Crippen LogP contribution >= 0.6 is 0 Å². The van der Waals surface area contributed by atoms with Gasteiger partial charge in [0.2, 0.25) is 5.88 Å². The van der Waals surface area contributed by atoms with E-state index < -0.39 is 0 Å². The number of hydrogen-bond acceptors (Lipinski definition) is 5. The van der Waals surface area contributed by atoms with Gasteiger partial charge in [0, 0.05) is 25.3 Å². The van der Waals surface area contributed by atoms with Crippen molar-refractivity contribution < 1.29 is 9.47 Å². The lowest BCUT2D eigenvalue weighted by atomic mass is 9.94. The average molecular weight is 293 g/mol. The van der Waals surface area contributed by atoms with Gasteiger partial charge < -0.3 is 20.5 Å². The van der Waals surface area contributed by atoms with Gasteiger partial charge in [-0.3, -0.25) is 0 Å². The number of nitrogens with zero attached hydrogens (tertiary/aromatic N) is 1. The third-order valence-corrected chi connectivity index (χ3v) is 3.72. The summed E-state index contributed by atoms with van der Waals surface area (Å²) < 4.78 is 11.3. The maximum atomic E-state index is 5.89. The zero-order valence-corrected chi connectivity index (χ0v) is 12.9. The van der Waals surface area contributed by atoms with E-state index >= 15 is 0 Å². The van der Waals surface area contributed by atoms with Gasteiger partial charge in [-0.25, -0.2) is 0 Å². The summed E-state index contributed by atoms with van der Waals surface area (Å²) in [7, 11) is 0. The molecule has 0 radical (unpaired) electrons. The van der Waals surface area contributed by atoms with Crippen molar-refractivity contribution in [1.82, 2.24) is 4.98 Å². The van der Waals surface area contributed by atoms with Crippen LogP contribution in [0, 0.1) is 0 Å². The van der Waals surface area contributed by atoms with E-state index in [0.29, 0.717) is 24.6 Å². The molecule has 0 aliphatic heterocycles. The molecule has 0 bridgehead atoms. The van der Waals surface area contributed by atoms with E-state index in [-0.39, 0.29) is 0 Å². The van der Waals surface area contributed by atoms with Crippen LogP contribution in [0.2, 0.25) is 0 Å². The number of ether oxygens (including phenoxy) is 2. The minimum Gasteiger partial charge on any atom is -0.478 e. The fraction of sp³-hybridized carbons (Fsp3) is 0.688. The Morgan fingerprint density at radius 3 is 2.86 bits per heavy atom. The van der Waals surface area contributed by atoms with E-state index in [9.17, 15) is 0 Å². The molecular formula is C16H27N3O2. The lowest BCUT2D eigenvalue weighted by molar-refractivity contribution is 0.0251. The van der Waals surface area contributed by atoms with Crippen LogP contribution in [0.25, 0.3) is 0 Å². The van der Waals surface area contributed by atoms with E-state index in [1.165, 1.54) is 0 Å². The molecule has 1 heterocycles. The number of anilines is 1. The highest BCUT2D eigenvalue weighted by molar-refractivity contribution is 5.36. The van der Waals surface area contributed by atoms with Crippen LogP contribution in [0.4, 0.5) is 5.82 Å². The molecule has 0 atom stereocenters. The maximum Gasteiger partial charge on any atom is 0.215 e. The zero-order valence-electron chi connectivity index (χ0n) is 12.9. The van der Waals surface area contributed by atoms with Gasteiger partial charge in [-0.1, -0.05) is 6.07 Å². The van der Waals surface area contributed by atoms with Crippen LogP contribution in [0.5, 0.6) is 5.88 Å². The molecule has 1 aromatic rings. The van der Waals surface area contributed by atoms with Gasteiger partial charge >= 0.3 is 0 Å². The van der Waals surface area contributed by atoms with Crippen LogP contribution in [0.15, 0.2) is 18.2 Å². The summed E-state index contributed by atoms with van der Waals surface area (Å²) in [6, 6.07) is 6.15. The molecule has 0 spiro atoms. The molecule has 0 amide bonds. The molecule has 118 valence electrons. The van der Waals surface area contributed by atoms with Crippen LogP contribution in [0.1, 0.15) is 39.0 Å². The highest BCUT2D eigenvalue weighted by Crippen LogP contribution is 2.19. The zero-order chi connectivity index (χ0) is 14.9. The predicted octanol–water partition coefficient (Wildman–Crippen LogP) is 2.57. The van der Waals surface area contributed by atoms with Crippen LogP contribution in [-0.4, -0.2) is 36.9 Å². The third-order valence-electron chi connectivity index (χ3n) is 3.72. The van der Waals surface area contributed by atoms with Crippen LogP contribution in [0.3, 0.4) is 0 Å². The fourth-order valence-electron chi connectivity index (χ4n) is 2.54. The molecule has 1 aliphatic carbocycles. The topological polar surface area (TPSA) is 69.4 Å². The molecule has 5 heteroatoms. The smallest absolute Gasteiger partial charge is 0.215 e. The van der Waals surface area contributed by atoms with E-state index in [0.717, 1.165) is 51.1 Å². The summed E-state index contributed by atoms with van der Waals surface area (Å²) in [5, 5.41) is 3.30. The molecule has 0 aromatic carbocycles. The molecule has 2 rings (SSSR count). The van der Waals surface area contributed by atoms with Gasteiger partial charge in [0.15, 0.2) is 0 Å². The molecule has 3 N–H and O–H groups in total. The van der Waals surface area contributed by atoms with E-state index in [2.05, 4.69) is 10.3 Å². The van der Waals surface area contributed by atoms with Gasteiger partial charge in [-0.05, 0) is 45.1 Å². The first-order chi connectivity index (χ1) is 10.3.